The molecule has 1 heterocycles. The summed E-state index contributed by atoms with van der Waals surface area (Å²) < 4.78 is 27.8. The molecule has 0 atom stereocenters. The van der Waals surface area contributed by atoms with Crippen LogP contribution in [0.3, 0.4) is 0 Å². The second kappa shape index (κ2) is 6.33. The SMILES string of the molecule is Cc1ccc(-c2cc(-c3cc(F)ccc3F)c(C#N)c(N)n2)cc1C. The Kier molecular flexibility index (Phi) is 4.20. The quantitative estimate of drug-likeness (QED) is 0.734. The van der Waals surface area contributed by atoms with E-state index < -0.39 is 11.6 Å². The van der Waals surface area contributed by atoms with Crippen LogP contribution >= 0.6 is 0 Å². The number of nitrogen functional groups attached to an aromatic ring is 1. The minimum atomic E-state index is -0.630. The Labute approximate surface area is 144 Å². The van der Waals surface area contributed by atoms with Gasteiger partial charge in [0.1, 0.15) is 29.1 Å². The van der Waals surface area contributed by atoms with E-state index in [1.807, 2.05) is 38.1 Å². The smallest absolute Gasteiger partial charge is 0.142 e. The van der Waals surface area contributed by atoms with E-state index in [-0.39, 0.29) is 22.5 Å². The Morgan fingerprint density at radius 3 is 2.40 bits per heavy atom. The molecule has 0 saturated carbocycles. The van der Waals surface area contributed by atoms with Crippen molar-refractivity contribution >= 4 is 5.82 Å². The number of halogens is 2. The Balaban J connectivity index is 2.28. The fourth-order valence-electron chi connectivity index (χ4n) is 2.65. The van der Waals surface area contributed by atoms with Crippen LogP contribution in [-0.2, 0) is 0 Å². The topological polar surface area (TPSA) is 62.7 Å². The minimum absolute atomic E-state index is 0.0168. The van der Waals surface area contributed by atoms with Crippen LogP contribution in [0.5, 0.6) is 0 Å². The normalized spacial score (nSPS) is 10.5. The fourth-order valence-corrected chi connectivity index (χ4v) is 2.65. The van der Waals surface area contributed by atoms with Crippen molar-refractivity contribution in [2.75, 3.05) is 5.73 Å². The van der Waals surface area contributed by atoms with Gasteiger partial charge in [-0.2, -0.15) is 5.26 Å². The first kappa shape index (κ1) is 16.6. The highest BCUT2D eigenvalue weighted by molar-refractivity contribution is 5.80. The van der Waals surface area contributed by atoms with Crippen LogP contribution in [0.15, 0.2) is 42.5 Å². The number of hydrogen-bond acceptors (Lipinski definition) is 3. The molecule has 5 heteroatoms. The lowest BCUT2D eigenvalue weighted by molar-refractivity contribution is 0.603. The molecule has 25 heavy (non-hydrogen) atoms. The first-order valence-electron chi connectivity index (χ1n) is 7.64. The van der Waals surface area contributed by atoms with E-state index in [4.69, 9.17) is 5.73 Å². The zero-order valence-corrected chi connectivity index (χ0v) is 13.8. The lowest BCUT2D eigenvalue weighted by Gasteiger charge is -2.12. The van der Waals surface area contributed by atoms with Gasteiger partial charge >= 0.3 is 0 Å². The summed E-state index contributed by atoms with van der Waals surface area (Å²) in [5.74, 6) is -1.24. The molecule has 0 spiro atoms. The highest BCUT2D eigenvalue weighted by Gasteiger charge is 2.17. The molecule has 0 fully saturated rings. The third-order valence-corrected chi connectivity index (χ3v) is 4.18. The zero-order chi connectivity index (χ0) is 18.1. The van der Waals surface area contributed by atoms with Gasteiger partial charge in [0.2, 0.25) is 0 Å². The molecule has 0 aliphatic rings. The van der Waals surface area contributed by atoms with E-state index in [1.54, 1.807) is 6.07 Å². The summed E-state index contributed by atoms with van der Waals surface area (Å²) in [4.78, 5) is 4.26. The second-order valence-corrected chi connectivity index (χ2v) is 5.85. The van der Waals surface area contributed by atoms with Crippen LogP contribution in [0, 0.1) is 36.8 Å². The number of nitrogens with two attached hydrogens (primary N) is 1. The number of aromatic nitrogens is 1. The van der Waals surface area contributed by atoms with Gasteiger partial charge in [-0.05, 0) is 55.3 Å². The lowest BCUT2D eigenvalue weighted by atomic mass is 9.97. The summed E-state index contributed by atoms with van der Waals surface area (Å²) >= 11 is 0. The molecule has 0 radical (unpaired) electrons. The number of pyridine rings is 1. The molecule has 0 unspecified atom stereocenters. The van der Waals surface area contributed by atoms with Gasteiger partial charge in [-0.3, -0.25) is 0 Å². The van der Waals surface area contributed by atoms with Crippen LogP contribution in [0.4, 0.5) is 14.6 Å². The summed E-state index contributed by atoms with van der Waals surface area (Å²) in [5.41, 5.74) is 9.63. The van der Waals surface area contributed by atoms with Crippen LogP contribution in [0.2, 0.25) is 0 Å². The van der Waals surface area contributed by atoms with Crippen LogP contribution < -0.4 is 5.73 Å². The maximum atomic E-state index is 14.2. The number of benzene rings is 2. The molecule has 0 aliphatic heterocycles. The maximum Gasteiger partial charge on any atom is 0.142 e. The average Bonchev–Trinajstić information content (AvgIpc) is 2.58. The highest BCUT2D eigenvalue weighted by Crippen LogP contribution is 2.33. The molecule has 3 rings (SSSR count). The molecule has 0 bridgehead atoms. The lowest BCUT2D eigenvalue weighted by Crippen LogP contribution is -2.01. The average molecular weight is 335 g/mol. The van der Waals surface area contributed by atoms with Gasteiger partial charge in [-0.1, -0.05) is 12.1 Å². The van der Waals surface area contributed by atoms with E-state index in [0.717, 1.165) is 34.9 Å². The van der Waals surface area contributed by atoms with Gasteiger partial charge in [0.25, 0.3) is 0 Å². The second-order valence-electron chi connectivity index (χ2n) is 5.85. The number of nitrogens with zero attached hydrogens (tertiary/aromatic N) is 2. The van der Waals surface area contributed by atoms with Crippen molar-refractivity contribution in [3.8, 4) is 28.5 Å². The maximum absolute atomic E-state index is 14.2. The molecule has 124 valence electrons. The summed E-state index contributed by atoms with van der Waals surface area (Å²) in [6.45, 7) is 3.96. The summed E-state index contributed by atoms with van der Waals surface area (Å²) in [6.07, 6.45) is 0. The third kappa shape index (κ3) is 3.07. The monoisotopic (exact) mass is 335 g/mol. The van der Waals surface area contributed by atoms with Crippen molar-refractivity contribution in [1.82, 2.24) is 4.98 Å². The van der Waals surface area contributed by atoms with Crippen molar-refractivity contribution in [3.63, 3.8) is 0 Å². The molecule has 2 N–H and O–H groups in total. The van der Waals surface area contributed by atoms with Crippen molar-refractivity contribution in [2.24, 2.45) is 0 Å². The van der Waals surface area contributed by atoms with Crippen molar-refractivity contribution in [2.45, 2.75) is 13.8 Å². The van der Waals surface area contributed by atoms with Gasteiger partial charge in [0.05, 0.1) is 5.69 Å². The Hall–Kier alpha value is -3.26. The summed E-state index contributed by atoms with van der Waals surface area (Å²) in [6, 6.07) is 12.4. The highest BCUT2D eigenvalue weighted by atomic mass is 19.1. The van der Waals surface area contributed by atoms with Gasteiger partial charge in [-0.25, -0.2) is 13.8 Å². The Bertz CT molecular complexity index is 1020. The first-order chi connectivity index (χ1) is 11.9. The molecule has 2 aromatic carbocycles. The fraction of sp³-hybridized carbons (Fsp3) is 0.100. The Morgan fingerprint density at radius 1 is 0.960 bits per heavy atom. The summed E-state index contributed by atoms with van der Waals surface area (Å²) in [7, 11) is 0. The van der Waals surface area contributed by atoms with Crippen molar-refractivity contribution in [1.29, 1.82) is 5.26 Å². The number of anilines is 1. The van der Waals surface area contributed by atoms with E-state index in [1.165, 1.54) is 0 Å². The Morgan fingerprint density at radius 2 is 1.72 bits per heavy atom. The molecular formula is C20H15F2N3. The molecule has 1 aromatic heterocycles. The van der Waals surface area contributed by atoms with Crippen molar-refractivity contribution < 1.29 is 8.78 Å². The van der Waals surface area contributed by atoms with Gasteiger partial charge in [-0.15, -0.1) is 0 Å². The molecule has 3 nitrogen and oxygen atoms in total. The van der Waals surface area contributed by atoms with E-state index in [2.05, 4.69) is 4.98 Å². The van der Waals surface area contributed by atoms with Gasteiger partial charge < -0.3 is 5.73 Å². The third-order valence-electron chi connectivity index (χ3n) is 4.18. The van der Waals surface area contributed by atoms with Crippen LogP contribution in [0.25, 0.3) is 22.4 Å². The predicted octanol–water partition coefficient (Wildman–Crippen LogP) is 4.76. The minimum Gasteiger partial charge on any atom is -0.383 e. The number of hydrogen-bond donors (Lipinski definition) is 1. The van der Waals surface area contributed by atoms with E-state index >= 15 is 0 Å². The first-order valence-corrected chi connectivity index (χ1v) is 7.64. The zero-order valence-electron chi connectivity index (χ0n) is 13.8. The summed E-state index contributed by atoms with van der Waals surface area (Å²) in [5, 5.41) is 9.38. The molecule has 0 amide bonds. The van der Waals surface area contributed by atoms with E-state index in [0.29, 0.717) is 5.69 Å². The van der Waals surface area contributed by atoms with Crippen LogP contribution in [0.1, 0.15) is 16.7 Å². The molecule has 3 aromatic rings. The number of nitriles is 1. The van der Waals surface area contributed by atoms with Crippen molar-refractivity contribution in [3.05, 3.63) is 70.8 Å². The molecular weight excluding hydrogens is 320 g/mol. The van der Waals surface area contributed by atoms with Gasteiger partial charge in [0.15, 0.2) is 0 Å². The van der Waals surface area contributed by atoms with Gasteiger partial charge in [0, 0.05) is 16.7 Å². The number of aryl methyl sites for hydroxylation is 2. The standard InChI is InChI=1S/C20H15F2N3/c1-11-3-4-13(7-12(11)2)19-9-15(17(10-23)20(24)25-19)16-8-14(21)5-6-18(16)22/h3-9H,1-2H3,(H2,24,25). The van der Waals surface area contributed by atoms with E-state index in [9.17, 15) is 14.0 Å². The van der Waals surface area contributed by atoms with Crippen LogP contribution in [-0.4, -0.2) is 4.98 Å². The predicted molar refractivity (Wildman–Crippen MR) is 93.6 cm³/mol. The molecule has 0 aliphatic carbocycles. The molecule has 0 saturated heterocycles. The number of rotatable bonds is 2. The largest absolute Gasteiger partial charge is 0.383 e.